The number of rotatable bonds is 6. The lowest BCUT2D eigenvalue weighted by molar-refractivity contribution is -0.137. The summed E-state index contributed by atoms with van der Waals surface area (Å²) < 4.78 is 0. The molecule has 1 aromatic rings. The highest BCUT2D eigenvalue weighted by atomic mass is 16.2. The maximum Gasteiger partial charge on any atom is 0.277 e. The van der Waals surface area contributed by atoms with Crippen molar-refractivity contribution >= 4 is 17.4 Å². The fraction of sp³-hybridized carbons (Fsp3) is 0.474. The largest absolute Gasteiger partial charge is 0.366 e. The Hall–Kier alpha value is -2.10. The summed E-state index contributed by atoms with van der Waals surface area (Å²) in [5.74, 6) is -0.231. The van der Waals surface area contributed by atoms with E-state index in [0.29, 0.717) is 17.8 Å². The average molecular weight is 312 g/mol. The van der Waals surface area contributed by atoms with Gasteiger partial charge in [-0.25, -0.2) is 0 Å². The van der Waals surface area contributed by atoms with Gasteiger partial charge in [-0.15, -0.1) is 0 Å². The molecule has 4 nitrogen and oxygen atoms in total. The molecular weight excluding hydrogens is 288 g/mol. The van der Waals surface area contributed by atoms with Crippen LogP contribution in [0, 0.1) is 0 Å². The number of carbonyl (C=O) groups is 2. The summed E-state index contributed by atoms with van der Waals surface area (Å²) >= 11 is 0. The van der Waals surface area contributed by atoms with Crippen molar-refractivity contribution < 1.29 is 9.59 Å². The minimum absolute atomic E-state index is 0.105. The first-order valence-electron chi connectivity index (χ1n) is 8.65. The third-order valence-electron chi connectivity index (χ3n) is 4.61. The van der Waals surface area contributed by atoms with Gasteiger partial charge in [-0.1, -0.05) is 50.1 Å². The van der Waals surface area contributed by atoms with Crippen LogP contribution in [-0.2, 0) is 9.59 Å². The molecule has 0 spiro atoms. The molecule has 0 unspecified atom stereocenters. The number of benzene rings is 1. The molecule has 2 amide bonds. The van der Waals surface area contributed by atoms with Crippen LogP contribution in [0.25, 0.3) is 5.57 Å². The third kappa shape index (κ3) is 3.03. The van der Waals surface area contributed by atoms with Crippen LogP contribution in [0.4, 0.5) is 0 Å². The van der Waals surface area contributed by atoms with Crippen LogP contribution in [0.2, 0.25) is 0 Å². The second kappa shape index (κ2) is 6.99. The van der Waals surface area contributed by atoms with Crippen LogP contribution < -0.4 is 0 Å². The fourth-order valence-electron chi connectivity index (χ4n) is 3.39. The molecule has 2 aliphatic heterocycles. The standard InChI is InChI=1S/C19H24N2O2/c1-2-3-7-14-21-18(22)16(15-10-5-4-6-11-15)17(19(21)23)20-12-8-9-13-20/h4-6,10-11H,2-3,7-9,12-14H2,1H3. The van der Waals surface area contributed by atoms with Crippen molar-refractivity contribution in [2.45, 2.75) is 39.0 Å². The maximum atomic E-state index is 12.9. The van der Waals surface area contributed by atoms with Crippen LogP contribution >= 0.6 is 0 Å². The predicted molar refractivity (Wildman–Crippen MR) is 90.4 cm³/mol. The molecule has 4 heteroatoms. The maximum absolute atomic E-state index is 12.9. The highest BCUT2D eigenvalue weighted by molar-refractivity contribution is 6.35. The van der Waals surface area contributed by atoms with Crippen molar-refractivity contribution in [1.29, 1.82) is 0 Å². The van der Waals surface area contributed by atoms with Gasteiger partial charge < -0.3 is 4.90 Å². The van der Waals surface area contributed by atoms with Gasteiger partial charge in [0.05, 0.1) is 5.57 Å². The van der Waals surface area contributed by atoms with Crippen molar-refractivity contribution in [2.24, 2.45) is 0 Å². The van der Waals surface area contributed by atoms with Gasteiger partial charge in [0.2, 0.25) is 0 Å². The number of unbranched alkanes of at least 4 members (excludes halogenated alkanes) is 2. The Morgan fingerprint density at radius 2 is 1.65 bits per heavy atom. The molecular formula is C19H24N2O2. The molecule has 1 aromatic carbocycles. The van der Waals surface area contributed by atoms with Crippen LogP contribution in [0.3, 0.4) is 0 Å². The van der Waals surface area contributed by atoms with Gasteiger partial charge in [0.15, 0.2) is 0 Å². The van der Waals surface area contributed by atoms with Crippen LogP contribution in [0.1, 0.15) is 44.6 Å². The first kappa shape index (κ1) is 15.8. The summed E-state index contributed by atoms with van der Waals surface area (Å²) in [6.45, 7) is 4.39. The number of nitrogens with zero attached hydrogens (tertiary/aromatic N) is 2. The molecule has 1 saturated heterocycles. The number of hydrogen-bond acceptors (Lipinski definition) is 3. The Morgan fingerprint density at radius 1 is 0.957 bits per heavy atom. The van der Waals surface area contributed by atoms with Crippen molar-refractivity contribution in [1.82, 2.24) is 9.80 Å². The SMILES string of the molecule is CCCCCN1C(=O)C(c2ccccc2)=C(N2CCCC2)C1=O. The molecule has 2 aliphatic rings. The van der Waals surface area contributed by atoms with E-state index in [1.54, 1.807) is 0 Å². The van der Waals surface area contributed by atoms with Gasteiger partial charge >= 0.3 is 0 Å². The van der Waals surface area contributed by atoms with Crippen molar-refractivity contribution in [3.8, 4) is 0 Å². The van der Waals surface area contributed by atoms with Gasteiger partial charge in [-0.2, -0.15) is 0 Å². The minimum atomic E-state index is -0.126. The van der Waals surface area contributed by atoms with Crippen LogP contribution in [-0.4, -0.2) is 41.2 Å². The van der Waals surface area contributed by atoms with E-state index in [1.165, 1.54) is 4.90 Å². The Balaban J connectivity index is 1.95. The molecule has 2 heterocycles. The van der Waals surface area contributed by atoms with Gasteiger partial charge in [-0.3, -0.25) is 14.5 Å². The first-order chi connectivity index (χ1) is 11.2. The Morgan fingerprint density at radius 3 is 2.30 bits per heavy atom. The second-order valence-corrected chi connectivity index (χ2v) is 6.25. The van der Waals surface area contributed by atoms with E-state index < -0.39 is 0 Å². The Labute approximate surface area is 137 Å². The normalized spacial score (nSPS) is 18.5. The molecule has 0 radical (unpaired) electrons. The third-order valence-corrected chi connectivity index (χ3v) is 4.61. The summed E-state index contributed by atoms with van der Waals surface area (Å²) in [6, 6.07) is 9.61. The molecule has 3 rings (SSSR count). The van der Waals surface area contributed by atoms with E-state index in [9.17, 15) is 9.59 Å². The lowest BCUT2D eigenvalue weighted by atomic mass is 10.0. The van der Waals surface area contributed by atoms with Crippen molar-refractivity contribution in [3.05, 3.63) is 41.6 Å². The number of hydrogen-bond donors (Lipinski definition) is 0. The zero-order chi connectivity index (χ0) is 16.2. The van der Waals surface area contributed by atoms with E-state index >= 15 is 0 Å². The molecule has 0 aliphatic carbocycles. The molecule has 23 heavy (non-hydrogen) atoms. The highest BCUT2D eigenvalue weighted by Gasteiger charge is 2.41. The number of carbonyl (C=O) groups excluding carboxylic acids is 2. The summed E-state index contributed by atoms with van der Waals surface area (Å²) in [7, 11) is 0. The van der Waals surface area contributed by atoms with E-state index in [2.05, 4.69) is 11.8 Å². The lowest BCUT2D eigenvalue weighted by Crippen LogP contribution is -2.35. The smallest absolute Gasteiger partial charge is 0.277 e. The van der Waals surface area contributed by atoms with Gasteiger partial charge in [-0.05, 0) is 24.8 Å². The molecule has 0 N–H and O–H groups in total. The van der Waals surface area contributed by atoms with Crippen LogP contribution in [0.5, 0.6) is 0 Å². The molecule has 0 aromatic heterocycles. The summed E-state index contributed by atoms with van der Waals surface area (Å²) in [5, 5.41) is 0. The number of amides is 2. The summed E-state index contributed by atoms with van der Waals surface area (Å²) in [4.78, 5) is 29.3. The van der Waals surface area contributed by atoms with Gasteiger partial charge in [0.1, 0.15) is 5.70 Å². The molecule has 1 fully saturated rings. The summed E-state index contributed by atoms with van der Waals surface area (Å²) in [5.41, 5.74) is 2.06. The molecule has 122 valence electrons. The molecule has 0 atom stereocenters. The van der Waals surface area contributed by atoms with Gasteiger partial charge in [0.25, 0.3) is 11.8 Å². The van der Waals surface area contributed by atoms with E-state index in [4.69, 9.17) is 0 Å². The van der Waals surface area contributed by atoms with E-state index in [0.717, 1.165) is 50.8 Å². The second-order valence-electron chi connectivity index (χ2n) is 6.25. The quantitative estimate of drug-likeness (QED) is 0.599. The highest BCUT2D eigenvalue weighted by Crippen LogP contribution is 2.33. The Bertz CT molecular complexity index is 616. The zero-order valence-corrected chi connectivity index (χ0v) is 13.8. The lowest BCUT2D eigenvalue weighted by Gasteiger charge is -2.20. The number of likely N-dealkylation sites (tertiary alicyclic amines) is 1. The van der Waals surface area contributed by atoms with Crippen molar-refractivity contribution in [2.75, 3.05) is 19.6 Å². The van der Waals surface area contributed by atoms with Crippen molar-refractivity contribution in [3.63, 3.8) is 0 Å². The average Bonchev–Trinajstić information content (AvgIpc) is 3.17. The van der Waals surface area contributed by atoms with Crippen LogP contribution in [0.15, 0.2) is 36.0 Å². The molecule has 0 bridgehead atoms. The summed E-state index contributed by atoms with van der Waals surface area (Å²) in [6.07, 6.45) is 5.17. The fourth-order valence-corrected chi connectivity index (χ4v) is 3.39. The Kier molecular flexibility index (Phi) is 4.79. The monoisotopic (exact) mass is 312 g/mol. The minimum Gasteiger partial charge on any atom is -0.366 e. The zero-order valence-electron chi connectivity index (χ0n) is 13.8. The van der Waals surface area contributed by atoms with E-state index in [1.807, 2.05) is 30.3 Å². The topological polar surface area (TPSA) is 40.6 Å². The molecule has 0 saturated carbocycles. The number of imide groups is 1. The van der Waals surface area contributed by atoms with E-state index in [-0.39, 0.29) is 11.8 Å². The first-order valence-corrected chi connectivity index (χ1v) is 8.65. The predicted octanol–water partition coefficient (Wildman–Crippen LogP) is 3.05. The van der Waals surface area contributed by atoms with Gasteiger partial charge in [0, 0.05) is 19.6 Å².